The molecule has 0 aliphatic heterocycles. The molecule has 14 nitrogen and oxygen atoms in total. The highest BCUT2D eigenvalue weighted by Gasteiger charge is 2.40. The number of aliphatic hydroxyl groups is 3. The van der Waals surface area contributed by atoms with Crippen LogP contribution in [0.2, 0.25) is 0 Å². The average molecular weight is 755 g/mol. The summed E-state index contributed by atoms with van der Waals surface area (Å²) in [6, 6.07) is 13.9. The minimum Gasteiger partial charge on any atom is -0.493 e. The van der Waals surface area contributed by atoms with Gasteiger partial charge in [0, 0.05) is 12.8 Å². The number of hydrogen-bond acceptors (Lipinski definition) is 12. The summed E-state index contributed by atoms with van der Waals surface area (Å²) in [5.74, 6) is -1.23. The monoisotopic (exact) mass is 754 g/mol. The van der Waals surface area contributed by atoms with E-state index in [0.717, 1.165) is 6.42 Å². The maximum atomic E-state index is 12.7. The summed E-state index contributed by atoms with van der Waals surface area (Å²) in [5.41, 5.74) is 1.86. The quantitative estimate of drug-likeness (QED) is 0.0282. The van der Waals surface area contributed by atoms with Crippen LogP contribution in [0.15, 0.2) is 66.8 Å². The second-order valence-corrected chi connectivity index (χ2v) is 13.4. The summed E-state index contributed by atoms with van der Waals surface area (Å²) >= 11 is 0. The van der Waals surface area contributed by atoms with Crippen molar-refractivity contribution in [2.75, 3.05) is 20.3 Å². The number of carbonyl (C=O) groups excluding carboxylic acids is 3. The Morgan fingerprint density at radius 3 is 2.48 bits per heavy atom. The van der Waals surface area contributed by atoms with Crippen molar-refractivity contribution in [2.45, 2.75) is 102 Å². The van der Waals surface area contributed by atoms with E-state index in [-0.39, 0.29) is 61.7 Å². The Kier molecular flexibility index (Phi) is 19.2. The number of rotatable bonds is 24. The summed E-state index contributed by atoms with van der Waals surface area (Å²) in [4.78, 5) is 51.2. The van der Waals surface area contributed by atoms with Gasteiger partial charge in [0.2, 0.25) is 5.91 Å². The predicted molar refractivity (Wildman–Crippen MR) is 200 cm³/mol. The number of ether oxygens (including phenoxy) is 3. The molecule has 54 heavy (non-hydrogen) atoms. The Balaban J connectivity index is 1.33. The fraction of sp³-hybridized carbons (Fsp3) is 0.525. The van der Waals surface area contributed by atoms with E-state index in [1.807, 2.05) is 42.5 Å². The zero-order valence-electron chi connectivity index (χ0n) is 31.0. The lowest BCUT2D eigenvalue weighted by Gasteiger charge is -2.23. The number of amides is 1. The molecule has 1 aliphatic rings. The Morgan fingerprint density at radius 1 is 0.981 bits per heavy atom. The van der Waals surface area contributed by atoms with E-state index in [1.54, 1.807) is 30.4 Å². The van der Waals surface area contributed by atoms with Gasteiger partial charge in [-0.15, -0.1) is 10.1 Å². The van der Waals surface area contributed by atoms with Crippen LogP contribution in [0.1, 0.15) is 82.3 Å². The zero-order chi connectivity index (χ0) is 39.3. The molecule has 296 valence electrons. The van der Waals surface area contributed by atoms with Gasteiger partial charge in [0.25, 0.3) is 5.09 Å². The molecule has 0 saturated heterocycles. The van der Waals surface area contributed by atoms with E-state index < -0.39 is 41.4 Å². The van der Waals surface area contributed by atoms with Crippen molar-refractivity contribution in [2.24, 2.45) is 11.8 Å². The van der Waals surface area contributed by atoms with Crippen LogP contribution >= 0.6 is 0 Å². The highest BCUT2D eigenvalue weighted by atomic mass is 16.9. The van der Waals surface area contributed by atoms with Crippen LogP contribution in [0, 0.1) is 22.0 Å². The molecule has 0 bridgehead atoms. The number of nitrogens with one attached hydrogen (secondary N) is 1. The molecule has 14 heteroatoms. The van der Waals surface area contributed by atoms with E-state index in [2.05, 4.69) is 10.2 Å². The minimum atomic E-state index is -0.921. The van der Waals surface area contributed by atoms with Gasteiger partial charge in [-0.2, -0.15) is 0 Å². The number of methoxy groups -OCH3 is 1. The molecule has 0 spiro atoms. The highest BCUT2D eigenvalue weighted by molar-refractivity contribution is 5.85. The van der Waals surface area contributed by atoms with Crippen LogP contribution in [0.5, 0.6) is 11.5 Å². The lowest BCUT2D eigenvalue weighted by molar-refractivity contribution is -0.757. The van der Waals surface area contributed by atoms with Gasteiger partial charge >= 0.3 is 11.9 Å². The zero-order valence-corrected chi connectivity index (χ0v) is 31.0. The van der Waals surface area contributed by atoms with Gasteiger partial charge in [-0.1, -0.05) is 54.6 Å². The molecule has 3 rings (SSSR count). The maximum absolute atomic E-state index is 12.7. The van der Waals surface area contributed by atoms with Crippen LogP contribution in [0.4, 0.5) is 0 Å². The van der Waals surface area contributed by atoms with Crippen molar-refractivity contribution in [3.8, 4) is 11.5 Å². The SMILES string of the molecule is COc1cc(/C=C/COC(=O)CCCO[N+](=O)[O-])ccc1OC(=O)C(C)NC(=O)CCC/C=C\C[C@@H]1[C@@H](CC[C@@H](O)CCc2ccccc2)[C@H](O)C[C@@H]1O. The normalized spacial score (nSPS) is 19.4. The fourth-order valence-electron chi connectivity index (χ4n) is 6.36. The van der Waals surface area contributed by atoms with E-state index in [4.69, 9.17) is 14.2 Å². The number of aryl methyl sites for hydroxylation is 1. The van der Waals surface area contributed by atoms with Crippen LogP contribution in [0.25, 0.3) is 6.08 Å². The summed E-state index contributed by atoms with van der Waals surface area (Å²) in [6.45, 7) is 1.33. The number of esters is 2. The number of unbranched alkanes of at least 4 members (excludes halogenated alkanes) is 1. The molecular weight excluding hydrogens is 700 g/mol. The number of allylic oxidation sites excluding steroid dienone is 2. The molecule has 1 amide bonds. The Bertz CT molecular complexity index is 1530. The molecule has 4 N–H and O–H groups in total. The molecule has 2 aromatic rings. The molecule has 1 saturated carbocycles. The fourth-order valence-corrected chi connectivity index (χ4v) is 6.36. The molecular formula is C40H54N2O12. The Hall–Kier alpha value is -4.79. The third-order valence-electron chi connectivity index (χ3n) is 9.32. The second kappa shape index (κ2) is 23.8. The van der Waals surface area contributed by atoms with Gasteiger partial charge in [-0.3, -0.25) is 9.59 Å². The molecule has 0 aromatic heterocycles. The lowest BCUT2D eigenvalue weighted by Crippen LogP contribution is -2.40. The lowest BCUT2D eigenvalue weighted by atomic mass is 9.85. The molecule has 6 atom stereocenters. The van der Waals surface area contributed by atoms with E-state index in [0.29, 0.717) is 50.5 Å². The van der Waals surface area contributed by atoms with Crippen molar-refractivity contribution in [1.82, 2.24) is 5.32 Å². The molecule has 1 aliphatic carbocycles. The maximum Gasteiger partial charge on any atom is 0.333 e. The van der Waals surface area contributed by atoms with Crippen molar-refractivity contribution in [1.29, 1.82) is 0 Å². The Labute approximate surface area is 316 Å². The predicted octanol–water partition coefficient (Wildman–Crippen LogP) is 4.90. The topological polar surface area (TPSA) is 204 Å². The molecule has 0 heterocycles. The third-order valence-corrected chi connectivity index (χ3v) is 9.32. The third kappa shape index (κ3) is 16.1. The number of hydrogen-bond donors (Lipinski definition) is 4. The van der Waals surface area contributed by atoms with Crippen LogP contribution in [0.3, 0.4) is 0 Å². The summed E-state index contributed by atoms with van der Waals surface area (Å²) in [7, 11) is 1.42. The van der Waals surface area contributed by atoms with Gasteiger partial charge in [-0.25, -0.2) is 4.79 Å². The van der Waals surface area contributed by atoms with Crippen molar-refractivity contribution in [3.05, 3.63) is 88.0 Å². The average Bonchev–Trinajstić information content (AvgIpc) is 3.42. The van der Waals surface area contributed by atoms with Crippen LogP contribution in [-0.4, -0.2) is 82.9 Å². The first kappa shape index (κ1) is 43.6. The van der Waals surface area contributed by atoms with Gasteiger partial charge in [-0.05, 0) is 106 Å². The first-order chi connectivity index (χ1) is 26.0. The van der Waals surface area contributed by atoms with E-state index in [9.17, 15) is 39.8 Å². The largest absolute Gasteiger partial charge is 0.493 e. The minimum absolute atomic E-state index is 0.0135. The van der Waals surface area contributed by atoms with Gasteiger partial charge in [0.05, 0.1) is 32.0 Å². The van der Waals surface area contributed by atoms with E-state index in [1.165, 1.54) is 19.6 Å². The summed E-state index contributed by atoms with van der Waals surface area (Å²) < 4.78 is 15.9. The van der Waals surface area contributed by atoms with E-state index >= 15 is 0 Å². The molecule has 0 radical (unpaired) electrons. The van der Waals surface area contributed by atoms with Crippen LogP contribution in [-0.2, 0) is 30.4 Å². The summed E-state index contributed by atoms with van der Waals surface area (Å²) in [6.07, 6.45) is 10.7. The van der Waals surface area contributed by atoms with Crippen molar-refractivity contribution >= 4 is 23.9 Å². The van der Waals surface area contributed by atoms with Gasteiger partial charge in [0.15, 0.2) is 11.5 Å². The number of nitrogens with zero attached hydrogens (tertiary/aromatic N) is 1. The van der Waals surface area contributed by atoms with Gasteiger partial charge in [0.1, 0.15) is 12.6 Å². The van der Waals surface area contributed by atoms with Crippen molar-refractivity contribution < 1.29 is 53.8 Å². The number of benzene rings is 2. The summed E-state index contributed by atoms with van der Waals surface area (Å²) in [5, 5.41) is 43.6. The number of carbonyl (C=O) groups is 3. The Morgan fingerprint density at radius 2 is 1.74 bits per heavy atom. The molecule has 2 aromatic carbocycles. The van der Waals surface area contributed by atoms with Crippen LogP contribution < -0.4 is 14.8 Å². The first-order valence-electron chi connectivity index (χ1n) is 18.5. The molecule has 1 fully saturated rings. The van der Waals surface area contributed by atoms with Crippen molar-refractivity contribution in [3.63, 3.8) is 0 Å². The smallest absolute Gasteiger partial charge is 0.333 e. The van der Waals surface area contributed by atoms with Gasteiger partial charge < -0.3 is 39.7 Å². The first-order valence-corrected chi connectivity index (χ1v) is 18.5. The molecule has 1 unspecified atom stereocenters. The standard InChI is InChI=1S/C40H54N2O12/c1-28(40(48)54-36-23-19-30(26-37(36)51-2)14-10-24-52-39(47)17-11-25-53-42(49)50)41-38(46)16-9-4-3-8-15-32-33(35(45)27-34(32)44)22-21-31(43)20-18-29-12-6-5-7-13-29/h3,5-8,10,12-14,19,23,26,28,31-35,43-45H,4,9,11,15-18,20-22,24-25,27H2,1-2H3,(H,41,46)/b8-3-,14-10+/t28?,31-,32+,33+,34-,35+/m0/s1. The number of aliphatic hydroxyl groups excluding tert-OH is 3. The highest BCUT2D eigenvalue weighted by Crippen LogP contribution is 2.38. The second-order valence-electron chi connectivity index (χ2n) is 13.4.